The molecule has 5 heterocycles. The molecule has 0 amide bonds. The van der Waals surface area contributed by atoms with E-state index >= 15 is 0 Å². The third-order valence-corrected chi connectivity index (χ3v) is 14.6. The SMILES string of the molecule is CN=Cc1cncc(COc2cc(OCc3cccc(-c4cccc(COc5cc(OCc6cncc(C7=NC7)c6)c(CN6CCC[C@H](C(=O)O)C6)cc5Cl)c4C)c3C)c(Cl)cc2CN2CCC[C@H](C(=O)O)C2)c1. The maximum atomic E-state index is 11.9. The molecule has 74 heavy (non-hydrogen) atoms. The summed E-state index contributed by atoms with van der Waals surface area (Å²) in [6.07, 6.45) is 11.7. The number of hydrogen-bond acceptors (Lipinski definition) is 12. The van der Waals surface area contributed by atoms with Crippen LogP contribution >= 0.6 is 23.2 Å². The zero-order valence-corrected chi connectivity index (χ0v) is 43.4. The molecule has 0 spiro atoms. The average Bonchev–Trinajstić information content (AvgIpc) is 4.25. The number of likely N-dealkylation sites (tertiary alicyclic amines) is 2. The molecular weight excluding hydrogens is 980 g/mol. The molecule has 3 aliphatic heterocycles. The van der Waals surface area contributed by atoms with Gasteiger partial charge < -0.3 is 29.2 Å². The molecule has 6 aromatic rings. The summed E-state index contributed by atoms with van der Waals surface area (Å²) in [5, 5.41) is 20.4. The number of carboxylic acid groups (broad SMARTS) is 2. The van der Waals surface area contributed by atoms with E-state index in [9.17, 15) is 19.8 Å². The van der Waals surface area contributed by atoms with Crippen molar-refractivity contribution in [2.24, 2.45) is 21.8 Å². The lowest BCUT2D eigenvalue weighted by molar-refractivity contribution is -0.144. The van der Waals surface area contributed by atoms with Gasteiger partial charge in [0, 0.05) is 110 Å². The maximum absolute atomic E-state index is 11.9. The highest BCUT2D eigenvalue weighted by molar-refractivity contribution is 6.32. The van der Waals surface area contributed by atoms with Crippen molar-refractivity contribution in [3.05, 3.63) is 163 Å². The first-order valence-electron chi connectivity index (χ1n) is 25.0. The number of rotatable bonds is 21. The Hall–Kier alpha value is -6.84. The number of aromatic nitrogens is 2. The highest BCUT2D eigenvalue weighted by atomic mass is 35.5. The second-order valence-corrected chi connectivity index (χ2v) is 20.1. The normalized spacial score (nSPS) is 17.0. The zero-order valence-electron chi connectivity index (χ0n) is 41.9. The Bertz CT molecular complexity index is 3090. The number of carboxylic acids is 2. The van der Waals surface area contributed by atoms with Crippen LogP contribution in [0.1, 0.15) is 81.3 Å². The summed E-state index contributed by atoms with van der Waals surface area (Å²) >= 11 is 14.0. The number of ether oxygens (including phenoxy) is 4. The van der Waals surface area contributed by atoms with E-state index in [-0.39, 0.29) is 26.4 Å². The molecule has 3 aliphatic rings. The fourth-order valence-corrected chi connectivity index (χ4v) is 10.3. The van der Waals surface area contributed by atoms with Gasteiger partial charge in [0.15, 0.2) is 0 Å². The van der Waals surface area contributed by atoms with Crippen LogP contribution in [0, 0.1) is 25.7 Å². The van der Waals surface area contributed by atoms with Crippen LogP contribution < -0.4 is 18.9 Å². The molecule has 2 aromatic heterocycles. The number of nitrogens with zero attached hydrogens (tertiary/aromatic N) is 6. The van der Waals surface area contributed by atoms with E-state index in [4.69, 9.17) is 42.1 Å². The zero-order chi connectivity index (χ0) is 51.7. The minimum absolute atomic E-state index is 0.239. The summed E-state index contributed by atoms with van der Waals surface area (Å²) in [5.74, 6) is -0.273. The quantitative estimate of drug-likeness (QED) is 0.0656. The number of piperidine rings is 2. The Labute approximate surface area is 441 Å². The summed E-state index contributed by atoms with van der Waals surface area (Å²) in [5.41, 5.74) is 12.5. The molecule has 2 N–H and O–H groups in total. The van der Waals surface area contributed by atoms with Gasteiger partial charge in [0.25, 0.3) is 0 Å². The van der Waals surface area contributed by atoms with E-state index in [2.05, 4.69) is 55.7 Å². The fourth-order valence-electron chi connectivity index (χ4n) is 9.82. The van der Waals surface area contributed by atoms with E-state index in [1.165, 1.54) is 0 Å². The highest BCUT2D eigenvalue weighted by Crippen LogP contribution is 2.39. The van der Waals surface area contributed by atoms with Crippen molar-refractivity contribution in [3.8, 4) is 34.1 Å². The number of aliphatic imine (C=N–C) groups is 2. The molecule has 4 aromatic carbocycles. The molecule has 384 valence electrons. The lowest BCUT2D eigenvalue weighted by atomic mass is 9.92. The second-order valence-electron chi connectivity index (χ2n) is 19.3. The van der Waals surface area contributed by atoms with Gasteiger partial charge in [-0.1, -0.05) is 59.6 Å². The number of hydrogen-bond donors (Lipinski definition) is 2. The number of carbonyl (C=O) groups is 2. The lowest BCUT2D eigenvalue weighted by Crippen LogP contribution is -2.38. The van der Waals surface area contributed by atoms with Crippen LogP contribution in [0.5, 0.6) is 23.0 Å². The fraction of sp³-hybridized carbons (Fsp3) is 0.345. The van der Waals surface area contributed by atoms with Crippen LogP contribution in [0.15, 0.2) is 108 Å². The van der Waals surface area contributed by atoms with Crippen molar-refractivity contribution in [3.63, 3.8) is 0 Å². The molecule has 16 heteroatoms. The van der Waals surface area contributed by atoms with Crippen LogP contribution in [-0.2, 0) is 49.1 Å². The standard InChI is InChI=1S/C58H60Cl2N6O8/c1-36-43(34-73-55-20-53(71-32-39-16-38(22-61-3)23-62-24-39)46(18-50(55)59)30-65-14-6-10-41(28-65)57(67)68)8-4-12-48(36)49-13-5-9-44(37(49)2)35-74-56-21-54(72-33-40-17-45(26-63-25-40)52-27-64-52)47(19-51(56)60)31-66-15-7-11-42(29-66)58(69)70/h4-5,8-9,12-13,16-26,41-42H,6-7,10-11,14-15,27-35H2,1-3H3,(H,67,68)(H,69,70)/t41-,42-/m0/s1. The largest absolute Gasteiger partial charge is 0.488 e. The van der Waals surface area contributed by atoms with Gasteiger partial charge in [-0.2, -0.15) is 0 Å². The third-order valence-electron chi connectivity index (χ3n) is 14.0. The van der Waals surface area contributed by atoms with Gasteiger partial charge in [-0.05, 0) is 110 Å². The van der Waals surface area contributed by atoms with Gasteiger partial charge in [0.05, 0.1) is 34.1 Å². The van der Waals surface area contributed by atoms with Gasteiger partial charge in [0.2, 0.25) is 0 Å². The molecule has 0 unspecified atom stereocenters. The van der Waals surface area contributed by atoms with Crippen molar-refractivity contribution in [2.75, 3.05) is 39.8 Å². The molecule has 2 saturated heterocycles. The van der Waals surface area contributed by atoms with Crippen LogP contribution in [0.25, 0.3) is 11.1 Å². The van der Waals surface area contributed by atoms with Crippen molar-refractivity contribution in [1.29, 1.82) is 0 Å². The number of pyridine rings is 2. The molecule has 2 atom stereocenters. The summed E-state index contributed by atoms with van der Waals surface area (Å²) in [6, 6.07) is 23.8. The second kappa shape index (κ2) is 24.0. The van der Waals surface area contributed by atoms with Gasteiger partial charge >= 0.3 is 11.9 Å². The first kappa shape index (κ1) is 52.0. The first-order valence-corrected chi connectivity index (χ1v) is 25.7. The molecule has 9 rings (SSSR count). The van der Waals surface area contributed by atoms with Gasteiger partial charge in [-0.15, -0.1) is 0 Å². The van der Waals surface area contributed by atoms with E-state index in [1.807, 2.05) is 66.9 Å². The maximum Gasteiger partial charge on any atom is 0.307 e. The van der Waals surface area contributed by atoms with E-state index in [1.54, 1.807) is 31.9 Å². The molecule has 2 fully saturated rings. The van der Waals surface area contributed by atoms with Gasteiger partial charge in [0.1, 0.15) is 49.4 Å². The smallest absolute Gasteiger partial charge is 0.307 e. The van der Waals surface area contributed by atoms with Gasteiger partial charge in [-0.3, -0.25) is 39.3 Å². The Morgan fingerprint density at radius 2 is 1.14 bits per heavy atom. The lowest BCUT2D eigenvalue weighted by Gasteiger charge is -2.31. The van der Waals surface area contributed by atoms with Crippen molar-refractivity contribution in [2.45, 2.75) is 79.0 Å². The Kier molecular flexibility index (Phi) is 16.9. The Morgan fingerprint density at radius 3 is 1.62 bits per heavy atom. The first-order chi connectivity index (χ1) is 35.9. The number of benzene rings is 4. The topological polar surface area (TPSA) is 168 Å². The Balaban J connectivity index is 0.915. The van der Waals surface area contributed by atoms with E-state index in [0.717, 1.165) is 105 Å². The van der Waals surface area contributed by atoms with Crippen molar-refractivity contribution >= 4 is 47.1 Å². The minimum atomic E-state index is -0.780. The summed E-state index contributed by atoms with van der Waals surface area (Å²) in [6.45, 7) is 9.29. The van der Waals surface area contributed by atoms with Crippen LogP contribution in [0.2, 0.25) is 10.0 Å². The average molecular weight is 1040 g/mol. The van der Waals surface area contributed by atoms with E-state index in [0.29, 0.717) is 72.1 Å². The molecule has 0 bridgehead atoms. The third kappa shape index (κ3) is 13.1. The number of halogens is 2. The molecular formula is C58H60Cl2N6O8. The number of aliphatic carboxylic acids is 2. The Morgan fingerprint density at radius 1 is 0.649 bits per heavy atom. The predicted octanol–water partition coefficient (Wildman–Crippen LogP) is 10.8. The monoisotopic (exact) mass is 1040 g/mol. The summed E-state index contributed by atoms with van der Waals surface area (Å²) < 4.78 is 26.0. The summed E-state index contributed by atoms with van der Waals surface area (Å²) in [4.78, 5) is 45.3. The van der Waals surface area contributed by atoms with E-state index < -0.39 is 23.8 Å². The van der Waals surface area contributed by atoms with Crippen LogP contribution in [0.4, 0.5) is 0 Å². The molecule has 0 aliphatic carbocycles. The predicted molar refractivity (Wildman–Crippen MR) is 286 cm³/mol. The van der Waals surface area contributed by atoms with Crippen molar-refractivity contribution < 1.29 is 38.7 Å². The molecule has 0 radical (unpaired) electrons. The molecule has 0 saturated carbocycles. The molecule has 14 nitrogen and oxygen atoms in total. The highest BCUT2D eigenvalue weighted by Gasteiger charge is 2.28. The van der Waals surface area contributed by atoms with Crippen LogP contribution in [0.3, 0.4) is 0 Å². The van der Waals surface area contributed by atoms with Crippen LogP contribution in [-0.4, -0.2) is 93.6 Å². The summed E-state index contributed by atoms with van der Waals surface area (Å²) in [7, 11) is 1.71. The van der Waals surface area contributed by atoms with Crippen molar-refractivity contribution in [1.82, 2.24) is 19.8 Å². The van der Waals surface area contributed by atoms with Gasteiger partial charge in [-0.25, -0.2) is 0 Å². The minimum Gasteiger partial charge on any atom is -0.488 e.